The number of carbonyl (C=O) groups is 1. The SMILES string of the molecule is CC(C)NC(=O)c1cnc(Nc2ccc3c(c2)CNCC3)nc1Nc1ccc(F)c(C(C)(C)O)n1. The highest BCUT2D eigenvalue weighted by atomic mass is 19.1. The van der Waals surface area contributed by atoms with Gasteiger partial charge in [-0.1, -0.05) is 6.07 Å². The molecular formula is C25H30FN7O2. The molecule has 2 aromatic heterocycles. The highest BCUT2D eigenvalue weighted by molar-refractivity contribution is 5.99. The third kappa shape index (κ3) is 5.90. The summed E-state index contributed by atoms with van der Waals surface area (Å²) >= 11 is 0. The Morgan fingerprint density at radius 1 is 1.14 bits per heavy atom. The Hall–Kier alpha value is -3.63. The normalized spacial score (nSPS) is 13.3. The molecule has 0 unspecified atom stereocenters. The van der Waals surface area contributed by atoms with Crippen LogP contribution in [-0.2, 0) is 18.6 Å². The summed E-state index contributed by atoms with van der Waals surface area (Å²) in [6, 6.07) is 8.63. The maximum absolute atomic E-state index is 14.2. The summed E-state index contributed by atoms with van der Waals surface area (Å²) in [7, 11) is 0. The molecule has 184 valence electrons. The Labute approximate surface area is 203 Å². The molecule has 0 radical (unpaired) electrons. The van der Waals surface area contributed by atoms with Crippen molar-refractivity contribution in [2.75, 3.05) is 17.2 Å². The number of aromatic nitrogens is 3. The van der Waals surface area contributed by atoms with Crippen LogP contribution >= 0.6 is 0 Å². The molecule has 3 aromatic rings. The molecular weight excluding hydrogens is 449 g/mol. The fraction of sp³-hybridized carbons (Fsp3) is 0.360. The van der Waals surface area contributed by atoms with Crippen molar-refractivity contribution in [3.63, 3.8) is 0 Å². The molecule has 0 spiro atoms. The van der Waals surface area contributed by atoms with Gasteiger partial charge in [-0.15, -0.1) is 0 Å². The van der Waals surface area contributed by atoms with Crippen molar-refractivity contribution in [1.82, 2.24) is 25.6 Å². The molecule has 35 heavy (non-hydrogen) atoms. The molecule has 1 aliphatic rings. The molecule has 0 fully saturated rings. The molecule has 9 nitrogen and oxygen atoms in total. The van der Waals surface area contributed by atoms with E-state index in [1.165, 1.54) is 43.3 Å². The van der Waals surface area contributed by atoms with Gasteiger partial charge in [-0.05, 0) is 76.1 Å². The van der Waals surface area contributed by atoms with E-state index in [-0.39, 0.29) is 40.8 Å². The van der Waals surface area contributed by atoms with Crippen molar-refractivity contribution < 1.29 is 14.3 Å². The average Bonchev–Trinajstić information content (AvgIpc) is 2.79. The third-order valence-corrected chi connectivity index (χ3v) is 5.47. The first-order valence-corrected chi connectivity index (χ1v) is 11.5. The van der Waals surface area contributed by atoms with Crippen LogP contribution in [0, 0.1) is 5.82 Å². The lowest BCUT2D eigenvalue weighted by atomic mass is 10.0. The summed E-state index contributed by atoms with van der Waals surface area (Å²) in [5, 5.41) is 22.6. The van der Waals surface area contributed by atoms with E-state index < -0.39 is 11.4 Å². The number of hydrogen-bond acceptors (Lipinski definition) is 8. The first-order valence-electron chi connectivity index (χ1n) is 11.5. The molecule has 0 atom stereocenters. The first-order chi connectivity index (χ1) is 16.6. The van der Waals surface area contributed by atoms with Crippen molar-refractivity contribution in [1.29, 1.82) is 0 Å². The van der Waals surface area contributed by atoms with Crippen LogP contribution in [0.5, 0.6) is 0 Å². The number of halogens is 1. The van der Waals surface area contributed by atoms with E-state index in [1.54, 1.807) is 0 Å². The van der Waals surface area contributed by atoms with Crippen LogP contribution in [0.15, 0.2) is 36.5 Å². The lowest BCUT2D eigenvalue weighted by Crippen LogP contribution is -2.31. The number of aliphatic hydroxyl groups is 1. The summed E-state index contributed by atoms with van der Waals surface area (Å²) in [6.45, 7) is 8.36. The van der Waals surface area contributed by atoms with Crippen LogP contribution in [0.4, 0.5) is 27.7 Å². The molecule has 5 N–H and O–H groups in total. The maximum atomic E-state index is 14.2. The fourth-order valence-corrected chi connectivity index (χ4v) is 3.79. The van der Waals surface area contributed by atoms with Gasteiger partial charge in [-0.25, -0.2) is 14.4 Å². The number of fused-ring (bicyclic) bond motifs is 1. The number of amides is 1. The standard InChI is InChI=1S/C25H30FN7O2/c1-14(2)29-23(34)18-13-28-24(30-17-6-5-15-9-10-27-12-16(15)11-17)33-22(18)32-20-8-7-19(26)21(31-20)25(3,4)35/h5-8,11,13-14,27,35H,9-10,12H2,1-4H3,(H,29,34)(H2,28,30,31,32,33). The van der Waals surface area contributed by atoms with E-state index in [1.807, 2.05) is 19.9 Å². The summed E-state index contributed by atoms with van der Waals surface area (Å²) < 4.78 is 14.2. The molecule has 0 aliphatic carbocycles. The van der Waals surface area contributed by atoms with E-state index >= 15 is 0 Å². The highest BCUT2D eigenvalue weighted by Gasteiger charge is 2.24. The van der Waals surface area contributed by atoms with Gasteiger partial charge in [0.15, 0.2) is 0 Å². The van der Waals surface area contributed by atoms with E-state index in [4.69, 9.17) is 0 Å². The quantitative estimate of drug-likeness (QED) is 0.349. The van der Waals surface area contributed by atoms with Crippen molar-refractivity contribution in [3.8, 4) is 0 Å². The predicted molar refractivity (Wildman–Crippen MR) is 132 cm³/mol. The fourth-order valence-electron chi connectivity index (χ4n) is 3.79. The zero-order valence-corrected chi connectivity index (χ0v) is 20.2. The second-order valence-electron chi connectivity index (χ2n) is 9.33. The maximum Gasteiger partial charge on any atom is 0.256 e. The lowest BCUT2D eigenvalue weighted by molar-refractivity contribution is 0.0696. The molecule has 10 heteroatoms. The van der Waals surface area contributed by atoms with E-state index in [0.717, 1.165) is 25.2 Å². The third-order valence-electron chi connectivity index (χ3n) is 5.47. The van der Waals surface area contributed by atoms with Gasteiger partial charge in [0.2, 0.25) is 5.95 Å². The second-order valence-corrected chi connectivity index (χ2v) is 9.33. The Balaban J connectivity index is 1.67. The van der Waals surface area contributed by atoms with Crippen molar-refractivity contribution in [2.45, 2.75) is 52.3 Å². The Morgan fingerprint density at radius 2 is 1.94 bits per heavy atom. The van der Waals surface area contributed by atoms with Gasteiger partial charge in [0.05, 0.1) is 0 Å². The predicted octanol–water partition coefficient (Wildman–Crippen LogP) is 3.51. The minimum absolute atomic E-state index is 0.0945. The number of hydrogen-bond donors (Lipinski definition) is 5. The summed E-state index contributed by atoms with van der Waals surface area (Å²) in [5.41, 5.74) is 1.94. The largest absolute Gasteiger partial charge is 0.384 e. The van der Waals surface area contributed by atoms with Crippen LogP contribution < -0.4 is 21.3 Å². The minimum Gasteiger partial charge on any atom is -0.384 e. The number of nitrogens with one attached hydrogen (secondary N) is 4. The van der Waals surface area contributed by atoms with Crippen LogP contribution in [0.2, 0.25) is 0 Å². The molecule has 4 rings (SSSR count). The van der Waals surface area contributed by atoms with Gasteiger partial charge in [0, 0.05) is 24.5 Å². The minimum atomic E-state index is -1.49. The number of benzene rings is 1. The molecule has 1 aromatic carbocycles. The van der Waals surface area contributed by atoms with Crippen molar-refractivity contribution >= 4 is 29.2 Å². The number of carbonyl (C=O) groups excluding carboxylic acids is 1. The van der Waals surface area contributed by atoms with Gasteiger partial charge in [-0.2, -0.15) is 4.98 Å². The van der Waals surface area contributed by atoms with Gasteiger partial charge < -0.3 is 26.4 Å². The van der Waals surface area contributed by atoms with Gasteiger partial charge in [0.25, 0.3) is 5.91 Å². The van der Waals surface area contributed by atoms with E-state index in [9.17, 15) is 14.3 Å². The van der Waals surface area contributed by atoms with Gasteiger partial charge in [-0.3, -0.25) is 4.79 Å². The Morgan fingerprint density at radius 3 is 2.69 bits per heavy atom. The average molecular weight is 480 g/mol. The van der Waals surface area contributed by atoms with E-state index in [0.29, 0.717) is 0 Å². The second kappa shape index (κ2) is 9.93. The molecule has 3 heterocycles. The van der Waals surface area contributed by atoms with Gasteiger partial charge in [0.1, 0.15) is 34.3 Å². The van der Waals surface area contributed by atoms with Crippen molar-refractivity contribution in [2.24, 2.45) is 0 Å². The van der Waals surface area contributed by atoms with E-state index in [2.05, 4.69) is 48.4 Å². The van der Waals surface area contributed by atoms with Gasteiger partial charge >= 0.3 is 0 Å². The first kappa shape index (κ1) is 24.5. The summed E-state index contributed by atoms with van der Waals surface area (Å²) in [5.74, 6) is -0.290. The van der Waals surface area contributed by atoms with Crippen LogP contribution in [-0.4, -0.2) is 38.6 Å². The smallest absolute Gasteiger partial charge is 0.256 e. The molecule has 0 bridgehead atoms. The zero-order valence-electron chi connectivity index (χ0n) is 20.2. The summed E-state index contributed by atoms with van der Waals surface area (Å²) in [6.07, 6.45) is 2.41. The highest BCUT2D eigenvalue weighted by Crippen LogP contribution is 2.26. The van der Waals surface area contributed by atoms with Crippen molar-refractivity contribution in [3.05, 3.63) is 64.7 Å². The Bertz CT molecular complexity index is 1240. The lowest BCUT2D eigenvalue weighted by Gasteiger charge is -2.19. The monoisotopic (exact) mass is 479 g/mol. The number of pyridine rings is 1. The summed E-state index contributed by atoms with van der Waals surface area (Å²) in [4.78, 5) is 25.8. The number of anilines is 4. The molecule has 0 saturated carbocycles. The Kier molecular flexibility index (Phi) is 6.95. The van der Waals surface area contributed by atoms with Crippen LogP contribution in [0.3, 0.4) is 0 Å². The number of nitrogens with zero attached hydrogens (tertiary/aromatic N) is 3. The molecule has 1 amide bonds. The topological polar surface area (TPSA) is 124 Å². The number of rotatable bonds is 7. The molecule has 1 aliphatic heterocycles. The zero-order chi connectivity index (χ0) is 25.2. The van der Waals surface area contributed by atoms with Crippen LogP contribution in [0.25, 0.3) is 0 Å². The molecule has 0 saturated heterocycles. The van der Waals surface area contributed by atoms with Crippen LogP contribution in [0.1, 0.15) is 54.9 Å².